The summed E-state index contributed by atoms with van der Waals surface area (Å²) in [5.41, 5.74) is -0.286. The molecule has 0 aromatic carbocycles. The summed E-state index contributed by atoms with van der Waals surface area (Å²) in [7, 11) is 0. The largest absolute Gasteiger partial charge is 0.393 e. The fraction of sp³-hybridized carbons (Fsp3) is 0.500. The van der Waals surface area contributed by atoms with Gasteiger partial charge in [0.1, 0.15) is 11.3 Å². The average molecular weight is 300 g/mol. The fourth-order valence-corrected chi connectivity index (χ4v) is 2.37. The monoisotopic (exact) mass is 299 g/mol. The Kier molecular flexibility index (Phi) is 4.51. The molecule has 1 aromatic heterocycles. The fourth-order valence-electron chi connectivity index (χ4n) is 2.18. The van der Waals surface area contributed by atoms with Crippen LogP contribution in [0.1, 0.15) is 36.0 Å². The van der Waals surface area contributed by atoms with Crippen LogP contribution < -0.4 is 5.32 Å². The van der Waals surface area contributed by atoms with E-state index < -0.39 is 10.8 Å². The first-order valence-electron chi connectivity index (χ1n) is 6.26. The minimum Gasteiger partial charge on any atom is -0.393 e. The van der Waals surface area contributed by atoms with Crippen molar-refractivity contribution in [2.75, 3.05) is 0 Å². The molecule has 2 N–H and O–H groups in total. The molecule has 1 fully saturated rings. The maximum Gasteiger partial charge on any atom is 0.288 e. The van der Waals surface area contributed by atoms with Gasteiger partial charge in [0.2, 0.25) is 0 Å². The Labute approximate surface area is 120 Å². The van der Waals surface area contributed by atoms with Gasteiger partial charge < -0.3 is 10.4 Å². The third-order valence-corrected chi connectivity index (χ3v) is 3.61. The highest BCUT2D eigenvalue weighted by Gasteiger charge is 2.23. The third-order valence-electron chi connectivity index (χ3n) is 3.31. The van der Waals surface area contributed by atoms with E-state index in [-0.39, 0.29) is 28.5 Å². The number of pyridine rings is 1. The number of aliphatic hydroxyl groups excluding tert-OH is 1. The van der Waals surface area contributed by atoms with Crippen molar-refractivity contribution in [2.45, 2.75) is 37.8 Å². The third kappa shape index (κ3) is 3.43. The van der Waals surface area contributed by atoms with Gasteiger partial charge in [0.25, 0.3) is 11.6 Å². The Hall–Kier alpha value is -1.73. The standard InChI is InChI=1S/C12H14ClN3O4/c13-11-10(5-8(6-14-11)16(19)20)12(18)15-7-1-3-9(17)4-2-7/h5-7,9,17H,1-4H2,(H,15,18). The smallest absolute Gasteiger partial charge is 0.288 e. The first kappa shape index (κ1) is 14.7. The quantitative estimate of drug-likeness (QED) is 0.502. The van der Waals surface area contributed by atoms with Crippen molar-refractivity contribution in [3.05, 3.63) is 33.1 Å². The summed E-state index contributed by atoms with van der Waals surface area (Å²) < 4.78 is 0. The van der Waals surface area contributed by atoms with Gasteiger partial charge >= 0.3 is 0 Å². The molecule has 1 heterocycles. The second-order valence-corrected chi connectivity index (χ2v) is 5.13. The molecule has 20 heavy (non-hydrogen) atoms. The van der Waals surface area contributed by atoms with E-state index in [1.165, 1.54) is 0 Å². The minimum atomic E-state index is -0.628. The molecule has 0 saturated heterocycles. The van der Waals surface area contributed by atoms with Crippen LogP contribution in [0.4, 0.5) is 5.69 Å². The number of hydrogen-bond acceptors (Lipinski definition) is 5. The summed E-state index contributed by atoms with van der Waals surface area (Å²) in [6.45, 7) is 0. The summed E-state index contributed by atoms with van der Waals surface area (Å²) in [4.78, 5) is 25.8. The van der Waals surface area contributed by atoms with Crippen LogP contribution in [0.2, 0.25) is 5.15 Å². The van der Waals surface area contributed by atoms with Crippen molar-refractivity contribution < 1.29 is 14.8 Å². The number of carbonyl (C=O) groups excluding carboxylic acids is 1. The molecule has 0 unspecified atom stereocenters. The predicted molar refractivity (Wildman–Crippen MR) is 71.6 cm³/mol. The Morgan fingerprint density at radius 1 is 1.45 bits per heavy atom. The molecule has 0 bridgehead atoms. The van der Waals surface area contributed by atoms with Crippen molar-refractivity contribution in [1.82, 2.24) is 10.3 Å². The number of nitrogens with zero attached hydrogens (tertiary/aromatic N) is 2. The van der Waals surface area contributed by atoms with Gasteiger partial charge in [-0.1, -0.05) is 11.6 Å². The molecule has 108 valence electrons. The van der Waals surface area contributed by atoms with Crippen molar-refractivity contribution in [2.24, 2.45) is 0 Å². The van der Waals surface area contributed by atoms with Crippen LogP contribution in [-0.4, -0.2) is 33.1 Å². The number of nitro groups is 1. The summed E-state index contributed by atoms with van der Waals surface area (Å²) in [6, 6.07) is 1.06. The van der Waals surface area contributed by atoms with Gasteiger partial charge in [-0.25, -0.2) is 4.98 Å². The predicted octanol–water partition coefficient (Wildman–Crippen LogP) is 1.68. The van der Waals surface area contributed by atoms with Gasteiger partial charge in [0, 0.05) is 12.1 Å². The van der Waals surface area contributed by atoms with Crippen LogP contribution in [0.15, 0.2) is 12.3 Å². The average Bonchev–Trinajstić information content (AvgIpc) is 2.41. The van der Waals surface area contributed by atoms with Gasteiger partial charge in [-0.2, -0.15) is 0 Å². The molecule has 2 rings (SSSR count). The highest BCUT2D eigenvalue weighted by Crippen LogP contribution is 2.22. The lowest BCUT2D eigenvalue weighted by atomic mass is 9.93. The second-order valence-electron chi connectivity index (χ2n) is 4.77. The first-order valence-corrected chi connectivity index (χ1v) is 6.64. The van der Waals surface area contributed by atoms with E-state index in [1.807, 2.05) is 0 Å². The molecule has 1 aliphatic carbocycles. The maximum atomic E-state index is 12.1. The van der Waals surface area contributed by atoms with Crippen LogP contribution in [0.5, 0.6) is 0 Å². The molecular formula is C12H14ClN3O4. The molecule has 1 amide bonds. The van der Waals surface area contributed by atoms with E-state index in [1.54, 1.807) is 0 Å². The Bertz CT molecular complexity index is 529. The highest BCUT2D eigenvalue weighted by atomic mass is 35.5. The van der Waals surface area contributed by atoms with E-state index in [2.05, 4.69) is 10.3 Å². The number of nitrogens with one attached hydrogen (secondary N) is 1. The summed E-state index contributed by atoms with van der Waals surface area (Å²) in [5.74, 6) is -0.479. The van der Waals surface area contributed by atoms with Gasteiger partial charge in [0.05, 0.1) is 16.6 Å². The van der Waals surface area contributed by atoms with Crippen LogP contribution >= 0.6 is 11.6 Å². The normalized spacial score (nSPS) is 22.3. The molecule has 1 aliphatic rings. The lowest BCUT2D eigenvalue weighted by molar-refractivity contribution is -0.385. The summed E-state index contributed by atoms with van der Waals surface area (Å²) >= 11 is 5.80. The number of aromatic nitrogens is 1. The van der Waals surface area contributed by atoms with Gasteiger partial charge in [-0.3, -0.25) is 14.9 Å². The molecular weight excluding hydrogens is 286 g/mol. The SMILES string of the molecule is O=C(NC1CCC(O)CC1)c1cc([N+](=O)[O-])cnc1Cl. The Balaban J connectivity index is 2.08. The number of aliphatic hydroxyl groups is 1. The molecule has 0 radical (unpaired) electrons. The zero-order chi connectivity index (χ0) is 14.7. The molecule has 0 spiro atoms. The highest BCUT2D eigenvalue weighted by molar-refractivity contribution is 6.32. The zero-order valence-corrected chi connectivity index (χ0v) is 11.3. The summed E-state index contributed by atoms with van der Waals surface area (Å²) in [5, 5.41) is 22.8. The van der Waals surface area contributed by atoms with E-state index in [9.17, 15) is 20.0 Å². The Morgan fingerprint density at radius 2 is 2.10 bits per heavy atom. The molecule has 1 saturated carbocycles. The summed E-state index contributed by atoms with van der Waals surface area (Å²) in [6.07, 6.45) is 3.30. The van der Waals surface area contributed by atoms with E-state index in [4.69, 9.17) is 11.6 Å². The van der Waals surface area contributed by atoms with Crippen LogP contribution in [-0.2, 0) is 0 Å². The molecule has 7 nitrogen and oxygen atoms in total. The van der Waals surface area contributed by atoms with Gasteiger partial charge in [-0.15, -0.1) is 0 Å². The molecule has 0 atom stereocenters. The lowest BCUT2D eigenvalue weighted by Crippen LogP contribution is -2.38. The number of rotatable bonds is 3. The van der Waals surface area contributed by atoms with Gasteiger partial charge in [-0.05, 0) is 25.7 Å². The molecule has 0 aliphatic heterocycles. The Morgan fingerprint density at radius 3 is 2.70 bits per heavy atom. The van der Waals surface area contributed by atoms with Crippen molar-refractivity contribution in [1.29, 1.82) is 0 Å². The lowest BCUT2D eigenvalue weighted by Gasteiger charge is -2.26. The first-order chi connectivity index (χ1) is 9.47. The van der Waals surface area contributed by atoms with Crippen LogP contribution in [0, 0.1) is 10.1 Å². The van der Waals surface area contributed by atoms with E-state index >= 15 is 0 Å². The van der Waals surface area contributed by atoms with E-state index in [0.29, 0.717) is 25.7 Å². The topological polar surface area (TPSA) is 105 Å². The second kappa shape index (κ2) is 6.15. The number of halogens is 1. The zero-order valence-electron chi connectivity index (χ0n) is 10.6. The molecule has 8 heteroatoms. The maximum absolute atomic E-state index is 12.1. The van der Waals surface area contributed by atoms with Crippen molar-refractivity contribution in [3.63, 3.8) is 0 Å². The van der Waals surface area contributed by atoms with Crippen LogP contribution in [0.25, 0.3) is 0 Å². The van der Waals surface area contributed by atoms with Crippen molar-refractivity contribution in [3.8, 4) is 0 Å². The number of carbonyl (C=O) groups is 1. The molecule has 1 aromatic rings. The number of amides is 1. The van der Waals surface area contributed by atoms with Crippen molar-refractivity contribution >= 4 is 23.2 Å². The number of hydrogen-bond donors (Lipinski definition) is 2. The van der Waals surface area contributed by atoms with E-state index in [0.717, 1.165) is 12.3 Å². The minimum absolute atomic E-state index is 0.00742. The van der Waals surface area contributed by atoms with Gasteiger partial charge in [0.15, 0.2) is 0 Å². The van der Waals surface area contributed by atoms with Crippen LogP contribution in [0.3, 0.4) is 0 Å².